The Bertz CT molecular complexity index is 462. The van der Waals surface area contributed by atoms with E-state index in [2.05, 4.69) is 23.6 Å². The lowest BCUT2D eigenvalue weighted by molar-refractivity contribution is -0.142. The SMILES string of the molecule is CCC(COC(=O)/C=C/C(=O)OCC(CC)N1CCSCC1)N1CCSCC1. The largest absolute Gasteiger partial charge is 0.461 e. The number of hydrogen-bond acceptors (Lipinski definition) is 8. The molecule has 2 atom stereocenters. The molecular formula is C20H34N2O4S2. The fourth-order valence-electron chi connectivity index (χ4n) is 3.44. The van der Waals surface area contributed by atoms with Gasteiger partial charge in [0.1, 0.15) is 13.2 Å². The minimum atomic E-state index is -0.484. The Morgan fingerprint density at radius 3 is 1.46 bits per heavy atom. The summed E-state index contributed by atoms with van der Waals surface area (Å²) in [6.45, 7) is 9.11. The van der Waals surface area contributed by atoms with Crippen molar-refractivity contribution in [2.75, 3.05) is 62.4 Å². The number of esters is 2. The molecule has 160 valence electrons. The van der Waals surface area contributed by atoms with Crippen molar-refractivity contribution in [1.82, 2.24) is 9.80 Å². The minimum absolute atomic E-state index is 0.248. The van der Waals surface area contributed by atoms with Crippen LogP contribution in [0.15, 0.2) is 12.2 Å². The quantitative estimate of drug-likeness (QED) is 0.386. The molecule has 0 spiro atoms. The predicted octanol–water partition coefficient (Wildman–Crippen LogP) is 2.28. The minimum Gasteiger partial charge on any atom is -0.461 e. The van der Waals surface area contributed by atoms with Crippen molar-refractivity contribution in [3.8, 4) is 0 Å². The first kappa shape index (κ1) is 23.6. The molecule has 6 nitrogen and oxygen atoms in total. The standard InChI is InChI=1S/C20H34N2O4S2/c1-3-17(21-7-11-27-12-8-21)15-25-19(23)5-6-20(24)26-16-18(4-2)22-9-13-28-14-10-22/h5-6,17-18H,3-4,7-16H2,1-2H3/b6-5+. The van der Waals surface area contributed by atoms with Crippen LogP contribution in [-0.4, -0.2) is 96.2 Å². The van der Waals surface area contributed by atoms with E-state index in [1.165, 1.54) is 12.2 Å². The summed E-state index contributed by atoms with van der Waals surface area (Å²) in [6.07, 6.45) is 4.24. The smallest absolute Gasteiger partial charge is 0.331 e. The van der Waals surface area contributed by atoms with Gasteiger partial charge < -0.3 is 9.47 Å². The first-order chi connectivity index (χ1) is 13.6. The Labute approximate surface area is 177 Å². The molecule has 0 N–H and O–H groups in total. The van der Waals surface area contributed by atoms with Crippen molar-refractivity contribution in [2.24, 2.45) is 0 Å². The van der Waals surface area contributed by atoms with Crippen molar-refractivity contribution in [2.45, 2.75) is 38.8 Å². The van der Waals surface area contributed by atoms with Crippen LogP contribution in [0.3, 0.4) is 0 Å². The van der Waals surface area contributed by atoms with Crippen molar-refractivity contribution in [3.05, 3.63) is 12.2 Å². The average molecular weight is 431 g/mol. The highest BCUT2D eigenvalue weighted by atomic mass is 32.2. The maximum absolute atomic E-state index is 11.9. The second kappa shape index (κ2) is 13.5. The van der Waals surface area contributed by atoms with Crippen LogP contribution in [0, 0.1) is 0 Å². The number of carbonyl (C=O) groups excluding carboxylic acids is 2. The number of rotatable bonds is 10. The van der Waals surface area contributed by atoms with Gasteiger partial charge in [0.2, 0.25) is 0 Å². The van der Waals surface area contributed by atoms with E-state index >= 15 is 0 Å². The molecule has 2 heterocycles. The summed E-state index contributed by atoms with van der Waals surface area (Å²) in [7, 11) is 0. The van der Waals surface area contributed by atoms with Gasteiger partial charge in [-0.25, -0.2) is 9.59 Å². The van der Waals surface area contributed by atoms with Gasteiger partial charge in [-0.05, 0) is 12.8 Å². The lowest BCUT2D eigenvalue weighted by atomic mass is 10.2. The summed E-state index contributed by atoms with van der Waals surface area (Å²) in [5.74, 6) is 3.55. The first-order valence-electron chi connectivity index (χ1n) is 10.3. The van der Waals surface area contributed by atoms with Gasteiger partial charge in [0.25, 0.3) is 0 Å². The Morgan fingerprint density at radius 1 is 0.786 bits per heavy atom. The van der Waals surface area contributed by atoms with E-state index in [-0.39, 0.29) is 12.1 Å². The van der Waals surface area contributed by atoms with Crippen LogP contribution in [0.4, 0.5) is 0 Å². The molecule has 2 saturated heterocycles. The Kier molecular flexibility index (Phi) is 11.4. The normalized spacial score (nSPS) is 21.4. The van der Waals surface area contributed by atoms with Crippen LogP contribution in [0.2, 0.25) is 0 Å². The van der Waals surface area contributed by atoms with E-state index in [0.717, 1.165) is 62.0 Å². The Morgan fingerprint density at radius 2 is 1.14 bits per heavy atom. The van der Waals surface area contributed by atoms with Gasteiger partial charge in [-0.2, -0.15) is 23.5 Å². The molecule has 8 heteroatoms. The third-order valence-electron chi connectivity index (χ3n) is 5.26. The number of hydrogen-bond donors (Lipinski definition) is 0. The van der Waals surface area contributed by atoms with E-state index in [1.807, 2.05) is 23.5 Å². The van der Waals surface area contributed by atoms with Crippen molar-refractivity contribution < 1.29 is 19.1 Å². The van der Waals surface area contributed by atoms with Crippen LogP contribution in [0.1, 0.15) is 26.7 Å². The van der Waals surface area contributed by atoms with Crippen molar-refractivity contribution >= 4 is 35.5 Å². The van der Waals surface area contributed by atoms with Crippen LogP contribution in [-0.2, 0) is 19.1 Å². The third kappa shape index (κ3) is 8.35. The van der Waals surface area contributed by atoms with E-state index in [1.54, 1.807) is 0 Å². The van der Waals surface area contributed by atoms with E-state index in [9.17, 15) is 9.59 Å². The summed E-state index contributed by atoms with van der Waals surface area (Å²) in [4.78, 5) is 28.6. The lowest BCUT2D eigenvalue weighted by Crippen LogP contribution is -2.43. The number of carbonyl (C=O) groups is 2. The highest BCUT2D eigenvalue weighted by molar-refractivity contribution is 7.99. The van der Waals surface area contributed by atoms with Crippen molar-refractivity contribution in [1.29, 1.82) is 0 Å². The summed E-state index contributed by atoms with van der Waals surface area (Å²) in [6, 6.07) is 0.497. The number of thioether (sulfide) groups is 2. The molecule has 2 aliphatic heterocycles. The number of ether oxygens (including phenoxy) is 2. The second-order valence-corrected chi connectivity index (χ2v) is 9.46. The van der Waals surface area contributed by atoms with Gasteiger partial charge in [-0.15, -0.1) is 0 Å². The summed E-state index contributed by atoms with van der Waals surface area (Å²) < 4.78 is 10.7. The summed E-state index contributed by atoms with van der Waals surface area (Å²) in [5.41, 5.74) is 0. The van der Waals surface area contributed by atoms with Gasteiger partial charge in [-0.3, -0.25) is 9.80 Å². The van der Waals surface area contributed by atoms with Crippen LogP contribution >= 0.6 is 23.5 Å². The highest BCUT2D eigenvalue weighted by Gasteiger charge is 2.21. The zero-order valence-electron chi connectivity index (χ0n) is 17.1. The molecular weight excluding hydrogens is 396 g/mol. The van der Waals surface area contributed by atoms with Crippen LogP contribution < -0.4 is 0 Å². The Balaban J connectivity index is 1.67. The molecule has 2 unspecified atom stereocenters. The maximum Gasteiger partial charge on any atom is 0.331 e. The highest BCUT2D eigenvalue weighted by Crippen LogP contribution is 2.15. The summed E-state index contributed by atoms with van der Waals surface area (Å²) in [5, 5.41) is 0. The fourth-order valence-corrected chi connectivity index (χ4v) is 5.30. The zero-order valence-corrected chi connectivity index (χ0v) is 18.8. The zero-order chi connectivity index (χ0) is 20.2. The van der Waals surface area contributed by atoms with E-state index < -0.39 is 11.9 Å². The Hall–Kier alpha value is -0.700. The van der Waals surface area contributed by atoms with Crippen LogP contribution in [0.5, 0.6) is 0 Å². The van der Waals surface area contributed by atoms with Gasteiger partial charge in [0.05, 0.1) is 0 Å². The monoisotopic (exact) mass is 430 g/mol. The second-order valence-electron chi connectivity index (χ2n) is 7.01. The van der Waals surface area contributed by atoms with Gasteiger partial charge >= 0.3 is 11.9 Å². The molecule has 0 amide bonds. The van der Waals surface area contributed by atoms with E-state index in [0.29, 0.717) is 13.2 Å². The molecule has 0 radical (unpaired) electrons. The van der Waals surface area contributed by atoms with Crippen LogP contribution in [0.25, 0.3) is 0 Å². The molecule has 2 fully saturated rings. The van der Waals surface area contributed by atoms with Gasteiger partial charge in [0.15, 0.2) is 0 Å². The molecule has 0 aromatic heterocycles. The molecule has 0 aliphatic carbocycles. The molecule has 0 saturated carbocycles. The third-order valence-corrected chi connectivity index (χ3v) is 7.14. The molecule has 0 bridgehead atoms. The average Bonchev–Trinajstić information content (AvgIpc) is 2.74. The molecule has 0 aromatic rings. The van der Waals surface area contributed by atoms with E-state index in [4.69, 9.17) is 9.47 Å². The van der Waals surface area contributed by atoms with Gasteiger partial charge in [0, 0.05) is 73.4 Å². The first-order valence-corrected chi connectivity index (χ1v) is 12.6. The predicted molar refractivity (Wildman–Crippen MR) is 117 cm³/mol. The molecule has 28 heavy (non-hydrogen) atoms. The van der Waals surface area contributed by atoms with Gasteiger partial charge in [-0.1, -0.05) is 13.8 Å². The molecule has 2 aliphatic rings. The fraction of sp³-hybridized carbons (Fsp3) is 0.800. The maximum atomic E-state index is 11.9. The summed E-state index contributed by atoms with van der Waals surface area (Å²) >= 11 is 3.93. The van der Waals surface area contributed by atoms with Crippen molar-refractivity contribution in [3.63, 3.8) is 0 Å². The topological polar surface area (TPSA) is 59.1 Å². The lowest BCUT2D eigenvalue weighted by Gasteiger charge is -2.33. The molecule has 2 rings (SSSR count). The number of nitrogens with zero attached hydrogens (tertiary/aromatic N) is 2. The molecule has 0 aromatic carbocycles.